The first-order valence-electron chi connectivity index (χ1n) is 10.9. The quantitative estimate of drug-likeness (QED) is 0.336. The molecule has 7 heteroatoms. The number of hydrogen-bond acceptors (Lipinski definition) is 5. The summed E-state index contributed by atoms with van der Waals surface area (Å²) in [5.74, 6) is 1.04. The van der Waals surface area contributed by atoms with Gasteiger partial charge in [-0.05, 0) is 31.0 Å². The zero-order valence-electron chi connectivity index (χ0n) is 19.0. The van der Waals surface area contributed by atoms with Crippen molar-refractivity contribution >= 4 is 16.8 Å². The second kappa shape index (κ2) is 9.26. The van der Waals surface area contributed by atoms with Crippen LogP contribution < -0.4 is 9.47 Å². The zero-order valence-corrected chi connectivity index (χ0v) is 19.0. The van der Waals surface area contributed by atoms with Gasteiger partial charge in [-0.25, -0.2) is 4.98 Å². The van der Waals surface area contributed by atoms with Crippen molar-refractivity contribution in [3.8, 4) is 28.3 Å². The van der Waals surface area contributed by atoms with Gasteiger partial charge in [-0.3, -0.25) is 14.0 Å². The van der Waals surface area contributed by atoms with E-state index in [1.165, 1.54) is 0 Å². The minimum Gasteiger partial charge on any atom is -0.496 e. The highest BCUT2D eigenvalue weighted by Crippen LogP contribution is 2.35. The van der Waals surface area contributed by atoms with Crippen LogP contribution in [0.15, 0.2) is 49.1 Å². The third-order valence-corrected chi connectivity index (χ3v) is 5.64. The molecule has 32 heavy (non-hydrogen) atoms. The van der Waals surface area contributed by atoms with Crippen LogP contribution in [0.25, 0.3) is 27.8 Å². The molecule has 4 aromatic rings. The molecule has 0 amide bonds. The lowest BCUT2D eigenvalue weighted by atomic mass is 10.0. The average Bonchev–Trinajstić information content (AvgIpc) is 3.48. The zero-order chi connectivity index (χ0) is 22.7. The van der Waals surface area contributed by atoms with Crippen molar-refractivity contribution in [3.63, 3.8) is 0 Å². The van der Waals surface area contributed by atoms with Crippen LogP contribution in [0.3, 0.4) is 0 Å². The van der Waals surface area contributed by atoms with E-state index in [1.807, 2.05) is 39.8 Å². The highest BCUT2D eigenvalue weighted by atomic mass is 16.5. The third-order valence-electron chi connectivity index (χ3n) is 5.64. The van der Waals surface area contributed by atoms with Gasteiger partial charge in [-0.2, -0.15) is 5.10 Å². The Morgan fingerprint density at radius 3 is 2.41 bits per heavy atom. The van der Waals surface area contributed by atoms with Crippen molar-refractivity contribution in [3.05, 3.63) is 54.6 Å². The van der Waals surface area contributed by atoms with Gasteiger partial charge >= 0.3 is 0 Å². The molecule has 7 nitrogen and oxygen atoms in total. The summed E-state index contributed by atoms with van der Waals surface area (Å²) in [5, 5.41) is 4.36. The Balaban J connectivity index is 1.75. The summed E-state index contributed by atoms with van der Waals surface area (Å²) in [5.41, 5.74) is 5.25. The predicted molar refractivity (Wildman–Crippen MR) is 125 cm³/mol. The fourth-order valence-corrected chi connectivity index (χ4v) is 3.86. The van der Waals surface area contributed by atoms with Gasteiger partial charge < -0.3 is 9.47 Å². The number of ether oxygens (including phenoxy) is 2. The molecule has 166 valence electrons. The minimum atomic E-state index is 0.0276. The first-order valence-corrected chi connectivity index (χ1v) is 10.9. The molecule has 0 aliphatic carbocycles. The number of rotatable bonds is 9. The maximum Gasteiger partial charge on any atom is 0.170 e. The molecule has 0 radical (unpaired) electrons. The summed E-state index contributed by atoms with van der Waals surface area (Å²) >= 11 is 0. The number of ketones is 1. The van der Waals surface area contributed by atoms with Crippen LogP contribution in [-0.2, 0) is 6.54 Å². The van der Waals surface area contributed by atoms with Gasteiger partial charge in [0, 0.05) is 36.9 Å². The first kappa shape index (κ1) is 21.6. The molecule has 0 aliphatic rings. The van der Waals surface area contributed by atoms with Crippen LogP contribution in [0, 0.1) is 0 Å². The maximum absolute atomic E-state index is 12.8. The summed E-state index contributed by atoms with van der Waals surface area (Å²) in [6.45, 7) is 4.96. The van der Waals surface area contributed by atoms with Gasteiger partial charge in [-0.15, -0.1) is 0 Å². The minimum absolute atomic E-state index is 0.0276. The number of nitrogens with zero attached hydrogens (tertiary/aromatic N) is 4. The highest BCUT2D eigenvalue weighted by molar-refractivity contribution is 6.01. The van der Waals surface area contributed by atoms with Crippen molar-refractivity contribution in [2.24, 2.45) is 0 Å². The highest BCUT2D eigenvalue weighted by Gasteiger charge is 2.20. The summed E-state index contributed by atoms with van der Waals surface area (Å²) in [4.78, 5) is 17.4. The fourth-order valence-electron chi connectivity index (χ4n) is 3.86. The van der Waals surface area contributed by atoms with Crippen molar-refractivity contribution in [2.45, 2.75) is 39.7 Å². The Morgan fingerprint density at radius 2 is 1.78 bits per heavy atom. The van der Waals surface area contributed by atoms with E-state index >= 15 is 0 Å². The maximum atomic E-state index is 12.8. The van der Waals surface area contributed by atoms with Crippen LogP contribution in [-0.4, -0.2) is 39.3 Å². The van der Waals surface area contributed by atoms with Crippen LogP contribution in [0.4, 0.5) is 0 Å². The lowest BCUT2D eigenvalue weighted by Gasteiger charge is -2.15. The molecular weight excluding hydrogens is 404 g/mol. The topological polar surface area (TPSA) is 71.2 Å². The molecule has 0 atom stereocenters. The molecule has 2 aromatic carbocycles. The van der Waals surface area contributed by atoms with E-state index in [9.17, 15) is 4.79 Å². The molecule has 0 spiro atoms. The molecular formula is C25H28N4O3. The number of benzene rings is 2. The summed E-state index contributed by atoms with van der Waals surface area (Å²) < 4.78 is 15.0. The van der Waals surface area contributed by atoms with E-state index in [2.05, 4.69) is 36.1 Å². The number of unbranched alkanes of at least 4 members (excludes halogenated alkanes) is 1. The van der Waals surface area contributed by atoms with Gasteiger partial charge in [-0.1, -0.05) is 19.4 Å². The van der Waals surface area contributed by atoms with Crippen LogP contribution in [0.1, 0.15) is 43.5 Å². The van der Waals surface area contributed by atoms with Gasteiger partial charge in [0.15, 0.2) is 5.78 Å². The van der Waals surface area contributed by atoms with E-state index < -0.39 is 0 Å². The molecule has 0 bridgehead atoms. The molecule has 4 rings (SSSR count). The normalized spacial score (nSPS) is 11.1. The number of carbonyl (C=O) groups is 1. The molecule has 0 saturated carbocycles. The Kier molecular flexibility index (Phi) is 6.25. The van der Waals surface area contributed by atoms with Gasteiger partial charge in [0.1, 0.15) is 23.4 Å². The van der Waals surface area contributed by atoms with E-state index in [-0.39, 0.29) is 5.78 Å². The number of hydrogen-bond donors (Lipinski definition) is 0. The summed E-state index contributed by atoms with van der Waals surface area (Å²) in [7, 11) is 3.15. The molecule has 0 fully saturated rings. The van der Waals surface area contributed by atoms with Crippen molar-refractivity contribution in [2.75, 3.05) is 14.2 Å². The van der Waals surface area contributed by atoms with Crippen LogP contribution in [0.5, 0.6) is 11.5 Å². The molecule has 0 unspecified atom stereocenters. The monoisotopic (exact) mass is 432 g/mol. The number of imidazole rings is 1. The van der Waals surface area contributed by atoms with E-state index in [0.29, 0.717) is 23.5 Å². The number of aromatic nitrogens is 4. The SMILES string of the molecule is CCCCC(=O)c1c(OC)cc(-n2cnc3cc(-c4cnn(CC)c4)ccc32)cc1OC. The van der Waals surface area contributed by atoms with E-state index in [0.717, 1.165) is 47.2 Å². The van der Waals surface area contributed by atoms with Gasteiger partial charge in [0.25, 0.3) is 0 Å². The molecule has 0 saturated heterocycles. The second-order valence-corrected chi connectivity index (χ2v) is 7.65. The van der Waals surface area contributed by atoms with Crippen molar-refractivity contribution < 1.29 is 14.3 Å². The summed E-state index contributed by atoms with van der Waals surface area (Å²) in [6.07, 6.45) is 7.92. The number of methoxy groups -OCH3 is 2. The number of carbonyl (C=O) groups excluding carboxylic acids is 1. The van der Waals surface area contributed by atoms with E-state index in [4.69, 9.17) is 9.47 Å². The number of fused-ring (bicyclic) bond motifs is 1. The standard InChI is InChI=1S/C25H28N4O3/c1-5-7-8-22(30)25-23(31-3)12-19(13-24(25)32-4)29-16-26-20-11-17(9-10-21(20)29)18-14-27-28(6-2)15-18/h9-16H,5-8H2,1-4H3. The average molecular weight is 433 g/mol. The molecule has 0 N–H and O–H groups in total. The van der Waals surface area contributed by atoms with E-state index in [1.54, 1.807) is 20.5 Å². The molecule has 0 aliphatic heterocycles. The molecule has 2 heterocycles. The fraction of sp³-hybridized carbons (Fsp3) is 0.320. The lowest BCUT2D eigenvalue weighted by Crippen LogP contribution is -2.07. The predicted octanol–water partition coefficient (Wildman–Crippen LogP) is 5.30. The van der Waals surface area contributed by atoms with Gasteiger partial charge in [0.2, 0.25) is 0 Å². The number of Topliss-reactive ketones (excluding diaryl/α,β-unsaturated/α-hetero) is 1. The Bertz CT molecular complexity index is 1230. The third kappa shape index (κ3) is 3.98. The van der Waals surface area contributed by atoms with Gasteiger partial charge in [0.05, 0.1) is 37.1 Å². The van der Waals surface area contributed by atoms with Crippen LogP contribution in [0.2, 0.25) is 0 Å². The lowest BCUT2D eigenvalue weighted by molar-refractivity contribution is 0.0973. The largest absolute Gasteiger partial charge is 0.496 e. The summed E-state index contributed by atoms with van der Waals surface area (Å²) in [6, 6.07) is 9.89. The molecule has 2 aromatic heterocycles. The van der Waals surface area contributed by atoms with Crippen molar-refractivity contribution in [1.29, 1.82) is 0 Å². The second-order valence-electron chi connectivity index (χ2n) is 7.65. The number of aryl methyl sites for hydroxylation is 1. The first-order chi connectivity index (χ1) is 15.6. The Morgan fingerprint density at radius 1 is 1.03 bits per heavy atom. The Labute approximate surface area is 187 Å². The van der Waals surface area contributed by atoms with Crippen LogP contribution >= 0.6 is 0 Å². The van der Waals surface area contributed by atoms with Crippen molar-refractivity contribution in [1.82, 2.24) is 19.3 Å². The Hall–Kier alpha value is -3.61. The smallest absolute Gasteiger partial charge is 0.170 e.